The summed E-state index contributed by atoms with van der Waals surface area (Å²) in [5.74, 6) is -1.28. The number of aryl methyl sites for hydroxylation is 2. The first kappa shape index (κ1) is 20.1. The Morgan fingerprint density at radius 2 is 1.68 bits per heavy atom. The molecule has 2 aromatic carbocycles. The Morgan fingerprint density at radius 3 is 2.35 bits per heavy atom. The predicted molar refractivity (Wildman–Crippen MR) is 116 cm³/mol. The normalized spacial score (nSPS) is 10.8. The van der Waals surface area contributed by atoms with E-state index in [1.165, 1.54) is 0 Å². The Morgan fingerprint density at radius 1 is 1.00 bits per heavy atom. The number of hydrogen-bond donors (Lipinski definition) is 2. The van der Waals surface area contributed by atoms with E-state index in [1.54, 1.807) is 16.8 Å². The predicted octanol–water partition coefficient (Wildman–Crippen LogP) is 3.80. The van der Waals surface area contributed by atoms with Crippen LogP contribution in [0.3, 0.4) is 0 Å². The molecule has 156 valence electrons. The van der Waals surface area contributed by atoms with Crippen LogP contribution in [-0.2, 0) is 0 Å². The lowest BCUT2D eigenvalue weighted by Gasteiger charge is -2.06. The van der Waals surface area contributed by atoms with Crippen molar-refractivity contribution in [3.8, 4) is 16.9 Å². The lowest BCUT2D eigenvalue weighted by atomic mass is 10.0. The number of anilines is 1. The maximum atomic E-state index is 12.7. The van der Waals surface area contributed by atoms with Crippen molar-refractivity contribution < 1.29 is 14.1 Å². The molecule has 0 aliphatic heterocycles. The van der Waals surface area contributed by atoms with Crippen LogP contribution in [0.2, 0.25) is 0 Å². The Labute approximate surface area is 178 Å². The molecule has 3 N–H and O–H groups in total. The van der Waals surface area contributed by atoms with Crippen molar-refractivity contribution in [1.82, 2.24) is 14.9 Å². The zero-order valence-corrected chi connectivity index (χ0v) is 17.3. The van der Waals surface area contributed by atoms with Gasteiger partial charge in [-0.05, 0) is 44.5 Å². The summed E-state index contributed by atoms with van der Waals surface area (Å²) in [6.45, 7) is 5.50. The Hall–Kier alpha value is -4.20. The Bertz CT molecular complexity index is 1290. The van der Waals surface area contributed by atoms with Crippen molar-refractivity contribution in [2.75, 3.05) is 5.32 Å². The minimum Gasteiger partial charge on any atom is -0.365 e. The van der Waals surface area contributed by atoms with Crippen molar-refractivity contribution in [3.63, 3.8) is 0 Å². The number of nitrogens with one attached hydrogen (secondary N) is 1. The number of carbonyl (C=O) groups is 2. The van der Waals surface area contributed by atoms with Gasteiger partial charge in [0.05, 0.1) is 17.1 Å². The van der Waals surface area contributed by atoms with Gasteiger partial charge < -0.3 is 10.3 Å². The molecule has 0 fully saturated rings. The molecule has 8 nitrogen and oxygen atoms in total. The molecule has 0 atom stereocenters. The molecule has 2 aromatic heterocycles. The van der Waals surface area contributed by atoms with E-state index in [0.717, 1.165) is 16.9 Å². The molecule has 0 aliphatic rings. The monoisotopic (exact) mass is 415 g/mol. The highest BCUT2D eigenvalue weighted by atomic mass is 16.5. The highest BCUT2D eigenvalue weighted by Gasteiger charge is 2.28. The average molecular weight is 415 g/mol. The van der Waals surface area contributed by atoms with Crippen LogP contribution in [-0.4, -0.2) is 26.8 Å². The van der Waals surface area contributed by atoms with Gasteiger partial charge in [-0.2, -0.15) is 5.10 Å². The van der Waals surface area contributed by atoms with Crippen molar-refractivity contribution >= 4 is 17.7 Å². The van der Waals surface area contributed by atoms with Crippen LogP contribution in [0.4, 0.5) is 5.88 Å². The van der Waals surface area contributed by atoms with Gasteiger partial charge in [-0.1, -0.05) is 41.6 Å². The maximum Gasteiger partial charge on any atom is 0.258 e. The van der Waals surface area contributed by atoms with Crippen LogP contribution in [0.25, 0.3) is 16.9 Å². The number of amides is 2. The van der Waals surface area contributed by atoms with Crippen LogP contribution < -0.4 is 11.1 Å². The SMILES string of the molecule is Cc1ccccc1C(=O)Nc1onc(-c2c(C)nn(-c3ccccc3)c2C)c1C(N)=O. The molecular weight excluding hydrogens is 394 g/mol. The molecule has 0 radical (unpaired) electrons. The molecule has 2 amide bonds. The lowest BCUT2D eigenvalue weighted by Crippen LogP contribution is -2.18. The second-order valence-electron chi connectivity index (χ2n) is 7.16. The van der Waals surface area contributed by atoms with Gasteiger partial charge >= 0.3 is 0 Å². The summed E-state index contributed by atoms with van der Waals surface area (Å²) in [7, 11) is 0. The largest absolute Gasteiger partial charge is 0.365 e. The second kappa shape index (κ2) is 7.91. The Kier molecular flexibility index (Phi) is 5.12. The fourth-order valence-electron chi connectivity index (χ4n) is 3.58. The van der Waals surface area contributed by atoms with Gasteiger partial charge in [0.1, 0.15) is 11.3 Å². The molecule has 0 spiro atoms. The first-order valence-corrected chi connectivity index (χ1v) is 9.67. The second-order valence-corrected chi connectivity index (χ2v) is 7.16. The fourth-order valence-corrected chi connectivity index (χ4v) is 3.58. The summed E-state index contributed by atoms with van der Waals surface area (Å²) in [4.78, 5) is 25.0. The van der Waals surface area contributed by atoms with E-state index in [0.29, 0.717) is 16.8 Å². The highest BCUT2D eigenvalue weighted by Crippen LogP contribution is 2.34. The molecule has 0 unspecified atom stereocenters. The summed E-state index contributed by atoms with van der Waals surface area (Å²) >= 11 is 0. The zero-order valence-electron chi connectivity index (χ0n) is 17.3. The highest BCUT2D eigenvalue weighted by molar-refractivity contribution is 6.10. The van der Waals surface area contributed by atoms with Crippen LogP contribution >= 0.6 is 0 Å². The van der Waals surface area contributed by atoms with E-state index >= 15 is 0 Å². The standard InChI is InChI=1S/C23H21N5O3/c1-13-9-7-8-12-17(13)22(30)25-23-19(21(24)29)20(27-31-23)18-14(2)26-28(15(18)3)16-10-5-4-6-11-16/h4-12H,1-3H3,(H2,24,29)(H,25,30). The third-order valence-corrected chi connectivity index (χ3v) is 5.08. The molecule has 2 heterocycles. The molecule has 0 saturated heterocycles. The number of para-hydroxylation sites is 1. The third-order valence-electron chi connectivity index (χ3n) is 5.08. The van der Waals surface area contributed by atoms with Gasteiger partial charge in [-0.3, -0.25) is 14.9 Å². The fraction of sp³-hybridized carbons (Fsp3) is 0.130. The van der Waals surface area contributed by atoms with Crippen LogP contribution in [0.15, 0.2) is 59.1 Å². The number of aromatic nitrogens is 3. The minimum atomic E-state index is -0.761. The number of nitrogens with two attached hydrogens (primary N) is 1. The summed E-state index contributed by atoms with van der Waals surface area (Å²) in [5, 5.41) is 11.3. The van der Waals surface area contributed by atoms with Gasteiger partial charge in [0.25, 0.3) is 11.8 Å². The minimum absolute atomic E-state index is 0.000691. The van der Waals surface area contributed by atoms with E-state index in [2.05, 4.69) is 15.6 Å². The van der Waals surface area contributed by atoms with E-state index in [1.807, 2.05) is 63.2 Å². The van der Waals surface area contributed by atoms with Crippen LogP contribution in [0.1, 0.15) is 37.7 Å². The van der Waals surface area contributed by atoms with E-state index < -0.39 is 11.8 Å². The van der Waals surface area contributed by atoms with E-state index in [9.17, 15) is 9.59 Å². The molecule has 8 heteroatoms. The zero-order chi connectivity index (χ0) is 22.1. The van der Waals surface area contributed by atoms with Gasteiger partial charge in [0.15, 0.2) is 0 Å². The molecule has 0 aliphatic carbocycles. The van der Waals surface area contributed by atoms with Gasteiger partial charge in [-0.15, -0.1) is 0 Å². The lowest BCUT2D eigenvalue weighted by molar-refractivity contribution is 0.100. The van der Waals surface area contributed by atoms with Crippen molar-refractivity contribution in [2.24, 2.45) is 5.73 Å². The van der Waals surface area contributed by atoms with Crippen molar-refractivity contribution in [1.29, 1.82) is 0 Å². The summed E-state index contributed by atoms with van der Waals surface area (Å²) < 4.78 is 7.11. The molecule has 0 bridgehead atoms. The van der Waals surface area contributed by atoms with Crippen molar-refractivity contribution in [3.05, 3.63) is 82.7 Å². The number of hydrogen-bond acceptors (Lipinski definition) is 5. The molecule has 4 rings (SSSR count). The average Bonchev–Trinajstić information content (AvgIpc) is 3.28. The van der Waals surface area contributed by atoms with E-state index in [4.69, 9.17) is 10.3 Å². The number of primary amides is 1. The number of carbonyl (C=O) groups excluding carboxylic acids is 2. The Balaban J connectivity index is 1.77. The van der Waals surface area contributed by atoms with E-state index in [-0.39, 0.29) is 17.1 Å². The number of rotatable bonds is 5. The smallest absolute Gasteiger partial charge is 0.258 e. The summed E-state index contributed by atoms with van der Waals surface area (Å²) in [5.41, 5.74) is 10.0. The molecule has 0 saturated carbocycles. The van der Waals surface area contributed by atoms with Gasteiger partial charge in [-0.25, -0.2) is 4.68 Å². The summed E-state index contributed by atoms with van der Waals surface area (Å²) in [6, 6.07) is 16.7. The molecular formula is C23H21N5O3. The topological polar surface area (TPSA) is 116 Å². The third kappa shape index (κ3) is 3.59. The van der Waals surface area contributed by atoms with Gasteiger partial charge in [0, 0.05) is 11.1 Å². The van der Waals surface area contributed by atoms with Gasteiger partial charge in [0.2, 0.25) is 5.88 Å². The summed E-state index contributed by atoms with van der Waals surface area (Å²) in [6.07, 6.45) is 0. The van der Waals surface area contributed by atoms with Crippen molar-refractivity contribution in [2.45, 2.75) is 20.8 Å². The first-order chi connectivity index (χ1) is 14.9. The van der Waals surface area contributed by atoms with Crippen LogP contribution in [0.5, 0.6) is 0 Å². The quantitative estimate of drug-likeness (QED) is 0.514. The first-order valence-electron chi connectivity index (χ1n) is 9.67. The molecule has 31 heavy (non-hydrogen) atoms. The number of benzene rings is 2. The number of nitrogens with zero attached hydrogens (tertiary/aromatic N) is 3. The molecule has 4 aromatic rings. The maximum absolute atomic E-state index is 12.7. The van der Waals surface area contributed by atoms with Crippen LogP contribution in [0, 0.1) is 20.8 Å².